The highest BCUT2D eigenvalue weighted by molar-refractivity contribution is 9.10. The molecule has 0 aromatic heterocycles. The van der Waals surface area contributed by atoms with Gasteiger partial charge < -0.3 is 19.9 Å². The van der Waals surface area contributed by atoms with E-state index in [0.29, 0.717) is 23.4 Å². The summed E-state index contributed by atoms with van der Waals surface area (Å²) in [7, 11) is 2.88. The van der Waals surface area contributed by atoms with Gasteiger partial charge in [0, 0.05) is 11.6 Å². The fraction of sp³-hybridized carbons (Fsp3) is 0.364. The molecular formula is C11H14BrNO4. The van der Waals surface area contributed by atoms with Crippen LogP contribution in [0.2, 0.25) is 0 Å². The van der Waals surface area contributed by atoms with Crippen molar-refractivity contribution in [1.82, 2.24) is 0 Å². The maximum Gasteiger partial charge on any atom is 0.341 e. The highest BCUT2D eigenvalue weighted by Gasteiger charge is 2.17. The van der Waals surface area contributed by atoms with Gasteiger partial charge in [-0.25, -0.2) is 4.79 Å². The van der Waals surface area contributed by atoms with E-state index in [4.69, 9.17) is 15.2 Å². The quantitative estimate of drug-likeness (QED) is 0.510. The summed E-state index contributed by atoms with van der Waals surface area (Å²) in [6.07, 6.45) is 0. The number of hydrogen-bond acceptors (Lipinski definition) is 5. The molecule has 0 bridgehead atoms. The Morgan fingerprint density at radius 1 is 1.35 bits per heavy atom. The van der Waals surface area contributed by atoms with Gasteiger partial charge in [0.25, 0.3) is 0 Å². The van der Waals surface area contributed by atoms with Gasteiger partial charge in [-0.3, -0.25) is 0 Å². The van der Waals surface area contributed by atoms with Gasteiger partial charge in [-0.1, -0.05) is 0 Å². The highest BCUT2D eigenvalue weighted by Crippen LogP contribution is 2.32. The Balaban J connectivity index is 2.97. The molecule has 0 aliphatic heterocycles. The molecule has 2 N–H and O–H groups in total. The van der Waals surface area contributed by atoms with Crippen LogP contribution in [0, 0.1) is 0 Å². The number of esters is 1. The zero-order valence-corrected chi connectivity index (χ0v) is 11.2. The first kappa shape index (κ1) is 13.8. The number of ether oxygens (including phenoxy) is 3. The van der Waals surface area contributed by atoms with E-state index < -0.39 is 5.97 Å². The van der Waals surface area contributed by atoms with Crippen LogP contribution in [0.5, 0.6) is 5.75 Å². The van der Waals surface area contributed by atoms with Crippen LogP contribution in [0.4, 0.5) is 5.69 Å². The molecule has 0 spiro atoms. The van der Waals surface area contributed by atoms with Crippen molar-refractivity contribution in [1.29, 1.82) is 0 Å². The van der Waals surface area contributed by atoms with E-state index in [9.17, 15) is 4.79 Å². The van der Waals surface area contributed by atoms with E-state index in [1.807, 2.05) is 0 Å². The molecule has 0 radical (unpaired) electrons. The van der Waals surface area contributed by atoms with E-state index in [1.165, 1.54) is 7.11 Å². The van der Waals surface area contributed by atoms with Gasteiger partial charge >= 0.3 is 5.97 Å². The molecule has 0 saturated carbocycles. The van der Waals surface area contributed by atoms with Crippen LogP contribution in [0.25, 0.3) is 0 Å². The third-order valence-corrected chi connectivity index (χ3v) is 2.75. The largest absolute Gasteiger partial charge is 0.489 e. The number of anilines is 1. The monoisotopic (exact) mass is 303 g/mol. The van der Waals surface area contributed by atoms with Crippen molar-refractivity contribution in [2.75, 3.05) is 33.2 Å². The van der Waals surface area contributed by atoms with Gasteiger partial charge in [-0.15, -0.1) is 0 Å². The highest BCUT2D eigenvalue weighted by atomic mass is 79.9. The maximum absolute atomic E-state index is 11.5. The number of rotatable bonds is 5. The van der Waals surface area contributed by atoms with Crippen molar-refractivity contribution >= 4 is 27.6 Å². The molecular weight excluding hydrogens is 290 g/mol. The lowest BCUT2D eigenvalue weighted by Gasteiger charge is -2.12. The SMILES string of the molecule is COCCOc1ccc(Br)c(C(=O)OC)c1N. The second kappa shape index (κ2) is 6.46. The number of carbonyl (C=O) groups is 1. The molecule has 1 aromatic rings. The smallest absolute Gasteiger partial charge is 0.341 e. The second-order valence-corrected chi connectivity index (χ2v) is 4.02. The minimum Gasteiger partial charge on any atom is -0.489 e. The summed E-state index contributed by atoms with van der Waals surface area (Å²) in [6, 6.07) is 3.37. The minimum atomic E-state index is -0.508. The summed E-state index contributed by atoms with van der Waals surface area (Å²) < 4.78 is 15.5. The first-order chi connectivity index (χ1) is 8.11. The number of methoxy groups -OCH3 is 2. The Morgan fingerprint density at radius 2 is 2.06 bits per heavy atom. The molecule has 0 saturated heterocycles. The lowest BCUT2D eigenvalue weighted by atomic mass is 10.1. The molecule has 0 aliphatic carbocycles. The number of halogens is 1. The van der Waals surface area contributed by atoms with Crippen molar-refractivity contribution in [2.24, 2.45) is 0 Å². The van der Waals surface area contributed by atoms with E-state index in [2.05, 4.69) is 20.7 Å². The van der Waals surface area contributed by atoms with Crippen molar-refractivity contribution in [2.45, 2.75) is 0 Å². The predicted molar refractivity (Wildman–Crippen MR) is 67.3 cm³/mol. The number of carbonyl (C=O) groups excluding carboxylic acids is 1. The first-order valence-corrected chi connectivity index (χ1v) is 5.69. The summed E-state index contributed by atoms with van der Waals surface area (Å²) in [6.45, 7) is 0.812. The van der Waals surface area contributed by atoms with Crippen molar-refractivity contribution in [3.05, 3.63) is 22.2 Å². The van der Waals surface area contributed by atoms with E-state index in [1.54, 1.807) is 19.2 Å². The van der Waals surface area contributed by atoms with E-state index >= 15 is 0 Å². The number of hydrogen-bond donors (Lipinski definition) is 1. The minimum absolute atomic E-state index is 0.252. The molecule has 0 aliphatic rings. The summed E-state index contributed by atoms with van der Waals surface area (Å²) in [5.74, 6) is -0.0720. The maximum atomic E-state index is 11.5. The molecule has 5 nitrogen and oxygen atoms in total. The van der Waals surface area contributed by atoms with Crippen LogP contribution in [0.3, 0.4) is 0 Å². The standard InChI is InChI=1S/C11H14BrNO4/c1-15-5-6-17-8-4-3-7(12)9(10(8)13)11(14)16-2/h3-4H,5-6,13H2,1-2H3. The Labute approximate surface area is 108 Å². The zero-order valence-electron chi connectivity index (χ0n) is 9.66. The molecule has 1 rings (SSSR count). The first-order valence-electron chi connectivity index (χ1n) is 4.89. The van der Waals surface area contributed by atoms with Crippen molar-refractivity contribution < 1.29 is 19.0 Å². The van der Waals surface area contributed by atoms with E-state index in [-0.39, 0.29) is 11.3 Å². The molecule has 1 aromatic carbocycles. The van der Waals surface area contributed by atoms with Crippen LogP contribution < -0.4 is 10.5 Å². The lowest BCUT2D eigenvalue weighted by molar-refractivity contribution is 0.0600. The van der Waals surface area contributed by atoms with Crippen molar-refractivity contribution in [3.63, 3.8) is 0 Å². The number of nitrogens with two attached hydrogens (primary N) is 1. The summed E-state index contributed by atoms with van der Waals surface area (Å²) >= 11 is 3.24. The molecule has 6 heteroatoms. The third kappa shape index (κ3) is 3.34. The Hall–Kier alpha value is -1.27. The molecule has 0 atom stereocenters. The number of benzene rings is 1. The Morgan fingerprint density at radius 3 is 2.65 bits per heavy atom. The van der Waals surface area contributed by atoms with Gasteiger partial charge in [0.1, 0.15) is 17.9 Å². The summed E-state index contributed by atoms with van der Waals surface area (Å²) in [5, 5.41) is 0. The number of nitrogen functional groups attached to an aromatic ring is 1. The fourth-order valence-corrected chi connectivity index (χ4v) is 1.75. The van der Waals surface area contributed by atoms with Gasteiger partial charge in [0.2, 0.25) is 0 Å². The molecule has 0 amide bonds. The predicted octanol–water partition coefficient (Wildman–Crippen LogP) is 1.84. The normalized spacial score (nSPS) is 10.1. The van der Waals surface area contributed by atoms with Crippen LogP contribution in [0.15, 0.2) is 16.6 Å². The van der Waals surface area contributed by atoms with Crippen LogP contribution in [-0.4, -0.2) is 33.4 Å². The van der Waals surface area contributed by atoms with Crippen LogP contribution in [-0.2, 0) is 9.47 Å². The molecule has 0 unspecified atom stereocenters. The van der Waals surface area contributed by atoms with Gasteiger partial charge in [0.05, 0.1) is 19.4 Å². The Bertz CT molecular complexity index is 409. The van der Waals surface area contributed by atoms with Crippen LogP contribution >= 0.6 is 15.9 Å². The average Bonchev–Trinajstić information content (AvgIpc) is 2.32. The molecule has 0 heterocycles. The topological polar surface area (TPSA) is 70.8 Å². The lowest BCUT2D eigenvalue weighted by Crippen LogP contribution is -2.10. The summed E-state index contributed by atoms with van der Waals surface area (Å²) in [4.78, 5) is 11.5. The fourth-order valence-electron chi connectivity index (χ4n) is 1.24. The molecule has 17 heavy (non-hydrogen) atoms. The molecule has 0 fully saturated rings. The van der Waals surface area contributed by atoms with Gasteiger partial charge in [0.15, 0.2) is 0 Å². The zero-order chi connectivity index (χ0) is 12.8. The summed E-state index contributed by atoms with van der Waals surface area (Å²) in [5.41, 5.74) is 6.36. The second-order valence-electron chi connectivity index (χ2n) is 3.17. The Kier molecular flexibility index (Phi) is 5.24. The third-order valence-electron chi connectivity index (χ3n) is 2.09. The van der Waals surface area contributed by atoms with Crippen LogP contribution in [0.1, 0.15) is 10.4 Å². The molecule has 94 valence electrons. The van der Waals surface area contributed by atoms with Gasteiger partial charge in [-0.2, -0.15) is 0 Å². The van der Waals surface area contributed by atoms with Gasteiger partial charge in [-0.05, 0) is 28.1 Å². The van der Waals surface area contributed by atoms with E-state index in [0.717, 1.165) is 0 Å². The van der Waals surface area contributed by atoms with Crippen molar-refractivity contribution in [3.8, 4) is 5.75 Å². The average molecular weight is 304 g/mol.